The lowest BCUT2D eigenvalue weighted by Gasteiger charge is -2.27. The fourth-order valence-electron chi connectivity index (χ4n) is 2.08. The Labute approximate surface area is 71.5 Å². The van der Waals surface area contributed by atoms with Crippen molar-refractivity contribution in [2.45, 2.75) is 37.6 Å². The van der Waals surface area contributed by atoms with Crippen molar-refractivity contribution < 1.29 is 0 Å². The summed E-state index contributed by atoms with van der Waals surface area (Å²) in [5.41, 5.74) is 0.999. The predicted molar refractivity (Wildman–Crippen MR) is 52.1 cm³/mol. The Morgan fingerprint density at radius 1 is 1.00 bits per heavy atom. The molecule has 0 aliphatic heterocycles. The van der Waals surface area contributed by atoms with Crippen LogP contribution >= 0.6 is 0 Å². The molecule has 1 saturated carbocycles. The zero-order valence-electron chi connectivity index (χ0n) is 7.69. The van der Waals surface area contributed by atoms with E-state index < -0.39 is 9.12 Å². The first-order valence-electron chi connectivity index (χ1n) is 4.73. The number of nitrogens with one attached hydrogen (secondary N) is 2. The van der Waals surface area contributed by atoms with Crippen molar-refractivity contribution in [3.05, 3.63) is 0 Å². The fourth-order valence-corrected chi connectivity index (χ4v) is 4.45. The molecule has 0 bridgehead atoms. The number of hydrogen-bond acceptors (Lipinski definition) is 2. The SMILES string of the molecule is CN[SiH](NC)C1CCCCC1. The highest BCUT2D eigenvalue weighted by atomic mass is 28.3. The van der Waals surface area contributed by atoms with E-state index in [2.05, 4.69) is 24.1 Å². The zero-order valence-corrected chi connectivity index (χ0v) is 8.84. The van der Waals surface area contributed by atoms with E-state index in [4.69, 9.17) is 0 Å². The van der Waals surface area contributed by atoms with Gasteiger partial charge in [-0.1, -0.05) is 32.1 Å². The van der Waals surface area contributed by atoms with Crippen molar-refractivity contribution in [2.24, 2.45) is 0 Å². The summed E-state index contributed by atoms with van der Waals surface area (Å²) in [6, 6.07) is 0. The first-order valence-corrected chi connectivity index (χ1v) is 6.55. The van der Waals surface area contributed by atoms with E-state index >= 15 is 0 Å². The third-order valence-corrected chi connectivity index (χ3v) is 5.60. The van der Waals surface area contributed by atoms with Crippen LogP contribution in [0.2, 0.25) is 5.54 Å². The van der Waals surface area contributed by atoms with Gasteiger partial charge in [-0.3, -0.25) is 0 Å². The molecule has 1 aliphatic carbocycles. The molecule has 3 heteroatoms. The highest BCUT2D eigenvalue weighted by molar-refractivity contribution is 6.54. The molecule has 0 saturated heterocycles. The predicted octanol–water partition coefficient (Wildman–Crippen LogP) is 0.980. The molecule has 11 heavy (non-hydrogen) atoms. The van der Waals surface area contributed by atoms with E-state index in [0.717, 1.165) is 5.54 Å². The van der Waals surface area contributed by atoms with Gasteiger partial charge in [0.2, 0.25) is 0 Å². The summed E-state index contributed by atoms with van der Waals surface area (Å²) in [6.07, 6.45) is 7.29. The van der Waals surface area contributed by atoms with Crippen LogP contribution in [0.4, 0.5) is 0 Å². The Balaban J connectivity index is 2.30. The fraction of sp³-hybridized carbons (Fsp3) is 1.00. The summed E-state index contributed by atoms with van der Waals surface area (Å²) in [6.45, 7) is 0. The average Bonchev–Trinajstić information content (AvgIpc) is 2.09. The van der Waals surface area contributed by atoms with Crippen LogP contribution in [0.25, 0.3) is 0 Å². The maximum Gasteiger partial charge on any atom is 0.187 e. The van der Waals surface area contributed by atoms with Crippen LogP contribution in [0.5, 0.6) is 0 Å². The lowest BCUT2D eigenvalue weighted by molar-refractivity contribution is 0.490. The third kappa shape index (κ3) is 2.58. The maximum absolute atomic E-state index is 3.45. The lowest BCUT2D eigenvalue weighted by Crippen LogP contribution is -2.47. The highest BCUT2D eigenvalue weighted by Gasteiger charge is 2.22. The number of rotatable bonds is 3. The van der Waals surface area contributed by atoms with Crippen molar-refractivity contribution in [3.63, 3.8) is 0 Å². The van der Waals surface area contributed by atoms with Gasteiger partial charge in [0.05, 0.1) is 0 Å². The first-order chi connectivity index (χ1) is 5.38. The second-order valence-corrected chi connectivity index (χ2v) is 6.51. The molecule has 0 heterocycles. The number of hydrogen-bond donors (Lipinski definition) is 2. The van der Waals surface area contributed by atoms with Crippen LogP contribution in [0, 0.1) is 0 Å². The minimum atomic E-state index is -0.773. The van der Waals surface area contributed by atoms with E-state index in [1.807, 2.05) is 0 Å². The van der Waals surface area contributed by atoms with Crippen LogP contribution in [0.3, 0.4) is 0 Å². The van der Waals surface area contributed by atoms with Gasteiger partial charge in [0, 0.05) is 0 Å². The summed E-state index contributed by atoms with van der Waals surface area (Å²) in [5, 5.41) is 0. The van der Waals surface area contributed by atoms with Gasteiger partial charge in [-0.2, -0.15) is 0 Å². The van der Waals surface area contributed by atoms with Crippen molar-refractivity contribution in [3.8, 4) is 0 Å². The molecule has 66 valence electrons. The Bertz CT molecular complexity index is 98.3. The molecule has 1 fully saturated rings. The smallest absolute Gasteiger partial charge is 0.187 e. The van der Waals surface area contributed by atoms with Gasteiger partial charge in [-0.25, -0.2) is 0 Å². The standard InChI is InChI=1S/C8H20N2Si/c1-9-11(10-2)8-6-4-3-5-7-8/h8-11H,3-7H2,1-2H3. The van der Waals surface area contributed by atoms with E-state index in [1.54, 1.807) is 0 Å². The molecular formula is C8H20N2Si. The molecule has 0 spiro atoms. The molecule has 0 aromatic heterocycles. The molecule has 0 amide bonds. The minimum Gasteiger partial charge on any atom is -0.330 e. The average molecular weight is 172 g/mol. The first kappa shape index (κ1) is 9.23. The summed E-state index contributed by atoms with van der Waals surface area (Å²) in [7, 11) is 3.42. The molecule has 0 radical (unpaired) electrons. The summed E-state index contributed by atoms with van der Waals surface area (Å²) in [4.78, 5) is 6.90. The Hall–Kier alpha value is 0.137. The van der Waals surface area contributed by atoms with Gasteiger partial charge in [0.1, 0.15) is 0 Å². The second-order valence-electron chi connectivity index (χ2n) is 3.45. The van der Waals surface area contributed by atoms with Crippen LogP contribution < -0.4 is 9.96 Å². The van der Waals surface area contributed by atoms with Gasteiger partial charge < -0.3 is 9.96 Å². The molecule has 0 atom stereocenters. The van der Waals surface area contributed by atoms with E-state index in [0.29, 0.717) is 0 Å². The monoisotopic (exact) mass is 172 g/mol. The van der Waals surface area contributed by atoms with Crippen LogP contribution in [0.1, 0.15) is 32.1 Å². The maximum atomic E-state index is 3.45. The Morgan fingerprint density at radius 3 is 2.00 bits per heavy atom. The van der Waals surface area contributed by atoms with Gasteiger partial charge in [0.25, 0.3) is 0 Å². The summed E-state index contributed by atoms with van der Waals surface area (Å²) >= 11 is 0. The van der Waals surface area contributed by atoms with Gasteiger partial charge in [0.15, 0.2) is 9.12 Å². The van der Waals surface area contributed by atoms with Crippen molar-refractivity contribution >= 4 is 9.12 Å². The molecule has 2 nitrogen and oxygen atoms in total. The van der Waals surface area contributed by atoms with Crippen LogP contribution in [-0.2, 0) is 0 Å². The van der Waals surface area contributed by atoms with E-state index in [1.165, 1.54) is 32.1 Å². The van der Waals surface area contributed by atoms with Gasteiger partial charge >= 0.3 is 0 Å². The quantitative estimate of drug-likeness (QED) is 0.620. The molecule has 0 unspecified atom stereocenters. The second kappa shape index (κ2) is 4.90. The molecule has 1 aliphatic rings. The third-order valence-electron chi connectivity index (χ3n) is 2.74. The summed E-state index contributed by atoms with van der Waals surface area (Å²) in [5.74, 6) is 0. The van der Waals surface area contributed by atoms with Crippen LogP contribution in [-0.4, -0.2) is 23.2 Å². The highest BCUT2D eigenvalue weighted by Crippen LogP contribution is 2.29. The van der Waals surface area contributed by atoms with Crippen molar-refractivity contribution in [1.29, 1.82) is 0 Å². The van der Waals surface area contributed by atoms with Crippen molar-refractivity contribution in [1.82, 2.24) is 9.96 Å². The van der Waals surface area contributed by atoms with Gasteiger partial charge in [-0.15, -0.1) is 0 Å². The molecular weight excluding hydrogens is 152 g/mol. The Morgan fingerprint density at radius 2 is 1.55 bits per heavy atom. The minimum absolute atomic E-state index is 0.773. The lowest BCUT2D eigenvalue weighted by atomic mass is 10.0. The Kier molecular flexibility index (Phi) is 4.11. The van der Waals surface area contributed by atoms with Crippen LogP contribution in [0.15, 0.2) is 0 Å². The topological polar surface area (TPSA) is 24.1 Å². The van der Waals surface area contributed by atoms with Gasteiger partial charge in [-0.05, 0) is 19.6 Å². The molecule has 2 N–H and O–H groups in total. The molecule has 0 aromatic rings. The largest absolute Gasteiger partial charge is 0.330 e. The normalized spacial score (nSPS) is 21.0. The molecule has 1 rings (SSSR count). The van der Waals surface area contributed by atoms with E-state index in [9.17, 15) is 0 Å². The summed E-state index contributed by atoms with van der Waals surface area (Å²) < 4.78 is 0. The molecule has 0 aromatic carbocycles. The van der Waals surface area contributed by atoms with Crippen molar-refractivity contribution in [2.75, 3.05) is 14.1 Å². The van der Waals surface area contributed by atoms with E-state index in [-0.39, 0.29) is 0 Å². The zero-order chi connectivity index (χ0) is 8.10.